The summed E-state index contributed by atoms with van der Waals surface area (Å²) >= 11 is 3.76. The number of piperidine rings is 1. The number of likely N-dealkylation sites (tertiary alicyclic amines) is 1. The normalized spacial score (nSPS) is 27.2. The minimum absolute atomic E-state index is 0.641. The molecule has 0 saturated carbocycles. The van der Waals surface area contributed by atoms with Crippen molar-refractivity contribution in [2.75, 3.05) is 13.1 Å². The molecule has 0 bridgehead atoms. The van der Waals surface area contributed by atoms with E-state index in [9.17, 15) is 0 Å². The first-order chi connectivity index (χ1) is 7.69. The topological polar surface area (TPSA) is 21.1 Å². The molecule has 2 unspecified atom stereocenters. The summed E-state index contributed by atoms with van der Waals surface area (Å²) in [6, 6.07) is 0. The molecule has 1 aliphatic rings. The average molecular weight is 286 g/mol. The maximum absolute atomic E-state index is 4.31. The maximum Gasteiger partial charge on any atom is 0.0534 e. The van der Waals surface area contributed by atoms with Gasteiger partial charge in [-0.25, -0.2) is 0 Å². The average Bonchev–Trinajstić information content (AvgIpc) is 2.71. The second kappa shape index (κ2) is 5.32. The zero-order valence-corrected chi connectivity index (χ0v) is 11.7. The third-order valence-corrected chi connectivity index (χ3v) is 4.56. The molecule has 0 aromatic carbocycles. The van der Waals surface area contributed by atoms with Gasteiger partial charge in [-0.15, -0.1) is 0 Å². The molecule has 0 amide bonds. The Kier molecular flexibility index (Phi) is 4.03. The minimum Gasteiger partial charge on any atom is -0.298 e. The summed E-state index contributed by atoms with van der Waals surface area (Å²) in [6.45, 7) is 8.80. The molecular formula is C12H20BrN3. The molecule has 1 aromatic heterocycles. The molecule has 2 rings (SSSR count). The highest BCUT2D eigenvalue weighted by Crippen LogP contribution is 2.24. The summed E-state index contributed by atoms with van der Waals surface area (Å²) in [7, 11) is 0. The molecule has 2 heterocycles. The quantitative estimate of drug-likeness (QED) is 0.796. The van der Waals surface area contributed by atoms with Crippen LogP contribution in [-0.2, 0) is 13.1 Å². The summed E-state index contributed by atoms with van der Waals surface area (Å²) in [5, 5.41) is 4.31. The smallest absolute Gasteiger partial charge is 0.0534 e. The van der Waals surface area contributed by atoms with Crippen LogP contribution in [0.4, 0.5) is 0 Å². The van der Waals surface area contributed by atoms with Gasteiger partial charge in [0.15, 0.2) is 0 Å². The van der Waals surface area contributed by atoms with E-state index < -0.39 is 0 Å². The highest BCUT2D eigenvalue weighted by Gasteiger charge is 2.23. The number of halogens is 1. The van der Waals surface area contributed by atoms with Gasteiger partial charge in [-0.1, -0.05) is 22.9 Å². The fraction of sp³-hybridized carbons (Fsp3) is 0.750. The number of nitrogens with zero attached hydrogens (tertiary/aromatic N) is 3. The molecule has 1 aliphatic heterocycles. The van der Waals surface area contributed by atoms with Crippen molar-refractivity contribution in [1.29, 1.82) is 0 Å². The van der Waals surface area contributed by atoms with Crippen LogP contribution in [0, 0.1) is 5.92 Å². The molecule has 0 N–H and O–H groups in total. The van der Waals surface area contributed by atoms with Crippen LogP contribution in [0.25, 0.3) is 0 Å². The summed E-state index contributed by atoms with van der Waals surface area (Å²) in [6.07, 6.45) is 5.43. The Bertz CT molecular complexity index is 337. The van der Waals surface area contributed by atoms with E-state index in [-0.39, 0.29) is 0 Å². The third kappa shape index (κ3) is 2.86. The summed E-state index contributed by atoms with van der Waals surface area (Å²) < 4.78 is 1.99. The van der Waals surface area contributed by atoms with E-state index in [1.54, 1.807) is 0 Å². The molecule has 4 heteroatoms. The Morgan fingerprint density at radius 3 is 3.00 bits per heavy atom. The zero-order valence-electron chi connectivity index (χ0n) is 10.1. The molecule has 3 nitrogen and oxygen atoms in total. The minimum atomic E-state index is 0.641. The number of aryl methyl sites for hydroxylation is 1. The van der Waals surface area contributed by atoms with Crippen LogP contribution in [0.5, 0.6) is 0 Å². The van der Waals surface area contributed by atoms with Crippen LogP contribution in [0.3, 0.4) is 0 Å². The Balaban J connectivity index is 1.90. The monoisotopic (exact) mass is 285 g/mol. The summed E-state index contributed by atoms with van der Waals surface area (Å²) in [4.78, 5) is 3.15. The second-order valence-electron chi connectivity index (χ2n) is 4.72. The van der Waals surface area contributed by atoms with Crippen molar-refractivity contribution in [3.05, 3.63) is 18.0 Å². The number of hydrogen-bond donors (Lipinski definition) is 0. The standard InChI is InChI=1S/C12H20BrN3/c1-3-16-8-11(6-14-16)7-15-5-4-10(2)12(13)9-15/h6,8,10,12H,3-5,7,9H2,1-2H3. The van der Waals surface area contributed by atoms with Crippen LogP contribution in [-0.4, -0.2) is 32.6 Å². The molecule has 1 aromatic rings. The zero-order chi connectivity index (χ0) is 11.5. The summed E-state index contributed by atoms with van der Waals surface area (Å²) in [5.41, 5.74) is 1.33. The van der Waals surface area contributed by atoms with Gasteiger partial charge in [0.05, 0.1) is 6.20 Å². The Labute approximate surface area is 106 Å². The predicted molar refractivity (Wildman–Crippen MR) is 69.7 cm³/mol. The number of alkyl halides is 1. The molecule has 0 aliphatic carbocycles. The lowest BCUT2D eigenvalue weighted by molar-refractivity contribution is 0.194. The van der Waals surface area contributed by atoms with Crippen LogP contribution < -0.4 is 0 Å². The first kappa shape index (κ1) is 12.1. The van der Waals surface area contributed by atoms with Crippen LogP contribution in [0.2, 0.25) is 0 Å². The third-order valence-electron chi connectivity index (χ3n) is 3.37. The lowest BCUT2D eigenvalue weighted by Crippen LogP contribution is -2.39. The molecule has 16 heavy (non-hydrogen) atoms. The van der Waals surface area contributed by atoms with Gasteiger partial charge in [0.25, 0.3) is 0 Å². The van der Waals surface area contributed by atoms with Gasteiger partial charge in [0.1, 0.15) is 0 Å². The van der Waals surface area contributed by atoms with Gasteiger partial charge < -0.3 is 0 Å². The predicted octanol–water partition coefficient (Wildman–Crippen LogP) is 2.51. The summed E-state index contributed by atoms with van der Waals surface area (Å²) in [5.74, 6) is 0.801. The van der Waals surface area contributed by atoms with E-state index in [0.29, 0.717) is 4.83 Å². The van der Waals surface area contributed by atoms with E-state index in [4.69, 9.17) is 0 Å². The number of aromatic nitrogens is 2. The van der Waals surface area contributed by atoms with E-state index in [1.807, 2.05) is 10.9 Å². The van der Waals surface area contributed by atoms with Gasteiger partial charge in [-0.3, -0.25) is 9.58 Å². The first-order valence-electron chi connectivity index (χ1n) is 6.06. The van der Waals surface area contributed by atoms with Crippen molar-refractivity contribution >= 4 is 15.9 Å². The lowest BCUT2D eigenvalue weighted by atomic mass is 9.99. The molecule has 0 radical (unpaired) electrons. The number of rotatable bonds is 3. The van der Waals surface area contributed by atoms with Crippen molar-refractivity contribution in [3.63, 3.8) is 0 Å². The van der Waals surface area contributed by atoms with E-state index in [2.05, 4.69) is 46.0 Å². The molecule has 2 atom stereocenters. The lowest BCUT2D eigenvalue weighted by Gasteiger charge is -2.33. The van der Waals surface area contributed by atoms with Gasteiger partial charge in [-0.05, 0) is 25.8 Å². The number of hydrogen-bond acceptors (Lipinski definition) is 2. The first-order valence-corrected chi connectivity index (χ1v) is 6.98. The van der Waals surface area contributed by atoms with Gasteiger partial charge >= 0.3 is 0 Å². The highest BCUT2D eigenvalue weighted by atomic mass is 79.9. The van der Waals surface area contributed by atoms with Crippen LogP contribution >= 0.6 is 15.9 Å². The SMILES string of the molecule is CCn1cc(CN2CCC(C)C(Br)C2)cn1. The Morgan fingerprint density at radius 1 is 1.56 bits per heavy atom. The van der Waals surface area contributed by atoms with Crippen LogP contribution in [0.1, 0.15) is 25.8 Å². The molecule has 1 saturated heterocycles. The van der Waals surface area contributed by atoms with Crippen molar-refractivity contribution < 1.29 is 0 Å². The Hall–Kier alpha value is -0.350. The van der Waals surface area contributed by atoms with Crippen molar-refractivity contribution in [2.24, 2.45) is 5.92 Å². The van der Waals surface area contributed by atoms with Crippen LogP contribution in [0.15, 0.2) is 12.4 Å². The van der Waals surface area contributed by atoms with E-state index in [0.717, 1.165) is 25.6 Å². The second-order valence-corrected chi connectivity index (χ2v) is 5.90. The van der Waals surface area contributed by atoms with Gasteiger partial charge in [0, 0.05) is 36.2 Å². The van der Waals surface area contributed by atoms with E-state index >= 15 is 0 Å². The molecule has 0 spiro atoms. The maximum atomic E-state index is 4.31. The Morgan fingerprint density at radius 2 is 2.38 bits per heavy atom. The van der Waals surface area contributed by atoms with Crippen molar-refractivity contribution in [2.45, 2.75) is 38.2 Å². The fourth-order valence-corrected chi connectivity index (χ4v) is 2.82. The highest BCUT2D eigenvalue weighted by molar-refractivity contribution is 9.09. The van der Waals surface area contributed by atoms with E-state index in [1.165, 1.54) is 18.5 Å². The molecule has 1 fully saturated rings. The fourth-order valence-electron chi connectivity index (χ4n) is 2.15. The van der Waals surface area contributed by atoms with Gasteiger partial charge in [-0.2, -0.15) is 5.10 Å². The van der Waals surface area contributed by atoms with Gasteiger partial charge in [0.2, 0.25) is 0 Å². The van der Waals surface area contributed by atoms with Crippen molar-refractivity contribution in [1.82, 2.24) is 14.7 Å². The largest absolute Gasteiger partial charge is 0.298 e. The molecular weight excluding hydrogens is 266 g/mol. The molecule has 90 valence electrons. The van der Waals surface area contributed by atoms with Crippen molar-refractivity contribution in [3.8, 4) is 0 Å².